The smallest absolute Gasteiger partial charge is 0.293 e. The van der Waals surface area contributed by atoms with E-state index in [9.17, 15) is 10.1 Å². The Labute approximate surface area is 187 Å². The zero-order valence-corrected chi connectivity index (χ0v) is 18.2. The zero-order chi connectivity index (χ0) is 21.8. The molecule has 1 aliphatic heterocycles. The fourth-order valence-corrected chi connectivity index (χ4v) is 3.97. The first-order valence-electron chi connectivity index (χ1n) is 10.3. The van der Waals surface area contributed by atoms with Crippen molar-refractivity contribution in [2.75, 3.05) is 43.0 Å². The summed E-state index contributed by atoms with van der Waals surface area (Å²) >= 11 is 6.11. The molecule has 0 bridgehead atoms. The third-order valence-electron chi connectivity index (χ3n) is 5.64. The van der Waals surface area contributed by atoms with Gasteiger partial charge in [0.1, 0.15) is 5.69 Å². The standard InChI is InChI=1S/C24H25ClN4O2/c1-26-13-15-27(16-14-26)22-11-12-23(29(30)31)24(17-22)28(18-19-5-3-2-4-6-19)21-9-7-20(25)8-10-21/h2-12,17H,13-16,18H2,1H3. The number of anilines is 3. The Balaban J connectivity index is 1.78. The van der Waals surface area contributed by atoms with Crippen molar-refractivity contribution >= 4 is 34.4 Å². The lowest BCUT2D eigenvalue weighted by Crippen LogP contribution is -2.44. The van der Waals surface area contributed by atoms with Crippen LogP contribution in [0.25, 0.3) is 0 Å². The molecule has 0 radical (unpaired) electrons. The van der Waals surface area contributed by atoms with E-state index in [1.54, 1.807) is 6.07 Å². The van der Waals surface area contributed by atoms with Crippen LogP contribution in [0.3, 0.4) is 0 Å². The van der Waals surface area contributed by atoms with Crippen molar-refractivity contribution in [1.29, 1.82) is 0 Å². The number of hydrogen-bond acceptors (Lipinski definition) is 5. The van der Waals surface area contributed by atoms with Crippen LogP contribution in [0.2, 0.25) is 5.02 Å². The average Bonchev–Trinajstić information content (AvgIpc) is 2.79. The van der Waals surface area contributed by atoms with Gasteiger partial charge in [-0.15, -0.1) is 0 Å². The summed E-state index contributed by atoms with van der Waals surface area (Å²) < 4.78 is 0. The second-order valence-electron chi connectivity index (χ2n) is 7.77. The molecule has 6 nitrogen and oxygen atoms in total. The number of piperazine rings is 1. The number of rotatable bonds is 6. The number of hydrogen-bond donors (Lipinski definition) is 0. The Morgan fingerprint density at radius 1 is 0.968 bits per heavy atom. The third kappa shape index (κ3) is 4.98. The molecule has 1 fully saturated rings. The van der Waals surface area contributed by atoms with E-state index in [4.69, 9.17) is 11.6 Å². The van der Waals surface area contributed by atoms with Crippen LogP contribution in [0.5, 0.6) is 0 Å². The molecule has 0 N–H and O–H groups in total. The van der Waals surface area contributed by atoms with Crippen LogP contribution in [0.1, 0.15) is 5.56 Å². The maximum atomic E-state index is 11.9. The molecule has 1 aliphatic rings. The summed E-state index contributed by atoms with van der Waals surface area (Å²) in [5.41, 5.74) is 3.58. The fraction of sp³-hybridized carbons (Fsp3) is 0.250. The van der Waals surface area contributed by atoms with Gasteiger partial charge in [-0.1, -0.05) is 41.9 Å². The quantitative estimate of drug-likeness (QED) is 0.385. The summed E-state index contributed by atoms with van der Waals surface area (Å²) in [6.45, 7) is 4.24. The molecule has 0 aromatic heterocycles. The molecule has 160 valence electrons. The molecule has 1 heterocycles. The van der Waals surface area contributed by atoms with Gasteiger partial charge in [-0.2, -0.15) is 0 Å². The Morgan fingerprint density at radius 2 is 1.65 bits per heavy atom. The van der Waals surface area contributed by atoms with E-state index in [0.29, 0.717) is 17.3 Å². The number of nitrogens with zero attached hydrogens (tertiary/aromatic N) is 4. The summed E-state index contributed by atoms with van der Waals surface area (Å²) in [5.74, 6) is 0. The monoisotopic (exact) mass is 436 g/mol. The zero-order valence-electron chi connectivity index (χ0n) is 17.4. The van der Waals surface area contributed by atoms with Crippen molar-refractivity contribution in [3.63, 3.8) is 0 Å². The normalized spacial score (nSPS) is 14.5. The van der Waals surface area contributed by atoms with Crippen LogP contribution in [0.4, 0.5) is 22.7 Å². The molecule has 4 rings (SSSR count). The molecule has 0 saturated carbocycles. The SMILES string of the molecule is CN1CCN(c2ccc([N+](=O)[O-])c(N(Cc3ccccc3)c3ccc(Cl)cc3)c2)CC1. The van der Waals surface area contributed by atoms with Gasteiger partial charge < -0.3 is 14.7 Å². The lowest BCUT2D eigenvalue weighted by Gasteiger charge is -2.34. The van der Waals surface area contributed by atoms with Crippen LogP contribution in [-0.2, 0) is 6.54 Å². The van der Waals surface area contributed by atoms with E-state index >= 15 is 0 Å². The van der Waals surface area contributed by atoms with Gasteiger partial charge in [0.2, 0.25) is 0 Å². The van der Waals surface area contributed by atoms with E-state index in [1.165, 1.54) is 0 Å². The maximum absolute atomic E-state index is 11.9. The highest BCUT2D eigenvalue weighted by molar-refractivity contribution is 6.30. The summed E-state index contributed by atoms with van der Waals surface area (Å²) in [6, 6.07) is 22.8. The molecule has 7 heteroatoms. The summed E-state index contributed by atoms with van der Waals surface area (Å²) in [4.78, 5) is 18.2. The molecular formula is C24H25ClN4O2. The van der Waals surface area contributed by atoms with E-state index in [2.05, 4.69) is 16.8 Å². The molecule has 0 amide bonds. The summed E-state index contributed by atoms with van der Waals surface area (Å²) in [6.07, 6.45) is 0. The Morgan fingerprint density at radius 3 is 2.29 bits per heavy atom. The van der Waals surface area contributed by atoms with Gasteiger partial charge in [0.25, 0.3) is 5.69 Å². The predicted octanol–water partition coefficient (Wildman–Crippen LogP) is 5.34. The molecule has 0 unspecified atom stereocenters. The number of likely N-dealkylation sites (N-methyl/N-ethyl adjacent to an activating group) is 1. The first-order valence-corrected chi connectivity index (χ1v) is 10.7. The van der Waals surface area contributed by atoms with Crippen LogP contribution in [0, 0.1) is 10.1 Å². The molecular weight excluding hydrogens is 412 g/mol. The van der Waals surface area contributed by atoms with Crippen LogP contribution < -0.4 is 9.80 Å². The van der Waals surface area contributed by atoms with Crippen molar-refractivity contribution in [1.82, 2.24) is 4.90 Å². The van der Waals surface area contributed by atoms with Gasteiger partial charge in [0.05, 0.1) is 4.92 Å². The van der Waals surface area contributed by atoms with E-state index in [0.717, 1.165) is 43.1 Å². The molecule has 31 heavy (non-hydrogen) atoms. The van der Waals surface area contributed by atoms with Crippen molar-refractivity contribution in [2.45, 2.75) is 6.54 Å². The summed E-state index contributed by atoms with van der Waals surface area (Å²) in [7, 11) is 2.11. The van der Waals surface area contributed by atoms with Crippen LogP contribution in [0.15, 0.2) is 72.8 Å². The van der Waals surface area contributed by atoms with Gasteiger partial charge in [0.15, 0.2) is 0 Å². The van der Waals surface area contributed by atoms with Gasteiger partial charge >= 0.3 is 0 Å². The van der Waals surface area contributed by atoms with E-state index in [-0.39, 0.29) is 10.6 Å². The van der Waals surface area contributed by atoms with Gasteiger partial charge in [-0.05, 0) is 49.0 Å². The predicted molar refractivity (Wildman–Crippen MR) is 127 cm³/mol. The minimum atomic E-state index is -0.309. The average molecular weight is 437 g/mol. The fourth-order valence-electron chi connectivity index (χ4n) is 3.85. The van der Waals surface area contributed by atoms with E-state index < -0.39 is 0 Å². The van der Waals surface area contributed by atoms with Crippen molar-refractivity contribution in [3.8, 4) is 0 Å². The van der Waals surface area contributed by atoms with Crippen molar-refractivity contribution in [3.05, 3.63) is 93.5 Å². The molecule has 0 spiro atoms. The second-order valence-corrected chi connectivity index (χ2v) is 8.21. The molecule has 0 aliphatic carbocycles. The molecule has 1 saturated heterocycles. The maximum Gasteiger partial charge on any atom is 0.293 e. The molecule has 3 aromatic carbocycles. The minimum Gasteiger partial charge on any atom is -0.369 e. The lowest BCUT2D eigenvalue weighted by atomic mass is 10.1. The second kappa shape index (κ2) is 9.37. The Hall–Kier alpha value is -3.09. The number of benzene rings is 3. The Bertz CT molecular complexity index is 1040. The van der Waals surface area contributed by atoms with E-state index in [1.807, 2.05) is 71.6 Å². The number of nitro benzene ring substituents is 1. The first-order chi connectivity index (χ1) is 15.0. The highest BCUT2D eigenvalue weighted by Crippen LogP contribution is 2.38. The number of halogens is 1. The van der Waals surface area contributed by atoms with Crippen molar-refractivity contribution < 1.29 is 4.92 Å². The third-order valence-corrected chi connectivity index (χ3v) is 5.89. The number of nitro groups is 1. The largest absolute Gasteiger partial charge is 0.369 e. The Kier molecular flexibility index (Phi) is 6.39. The van der Waals surface area contributed by atoms with Crippen molar-refractivity contribution in [2.24, 2.45) is 0 Å². The summed E-state index contributed by atoms with van der Waals surface area (Å²) in [5, 5.41) is 12.6. The van der Waals surface area contributed by atoms with Crippen LogP contribution >= 0.6 is 11.6 Å². The van der Waals surface area contributed by atoms with Crippen LogP contribution in [-0.4, -0.2) is 43.0 Å². The van der Waals surface area contributed by atoms with Gasteiger partial charge in [-0.25, -0.2) is 0 Å². The molecule has 0 atom stereocenters. The minimum absolute atomic E-state index is 0.0868. The first kappa shape index (κ1) is 21.2. The highest BCUT2D eigenvalue weighted by atomic mass is 35.5. The lowest BCUT2D eigenvalue weighted by molar-refractivity contribution is -0.384. The highest BCUT2D eigenvalue weighted by Gasteiger charge is 2.24. The molecule has 3 aromatic rings. The topological polar surface area (TPSA) is 52.9 Å². The van der Waals surface area contributed by atoms with Gasteiger partial charge in [0, 0.05) is 55.2 Å². The van der Waals surface area contributed by atoms with Gasteiger partial charge in [-0.3, -0.25) is 10.1 Å².